The van der Waals surface area contributed by atoms with E-state index in [0.29, 0.717) is 23.5 Å². The van der Waals surface area contributed by atoms with Gasteiger partial charge in [0.25, 0.3) is 0 Å². The standard InChI is InChI=1S/C16H16N2O3/c1-11(19)13-7-5-12(6-8-13)10-18-15-14(16(20)21-2)4-3-9-17-15/h3-9H,10H2,1-2H3,(H,17,18). The van der Waals surface area contributed by atoms with Gasteiger partial charge in [0.2, 0.25) is 0 Å². The average Bonchev–Trinajstić information content (AvgIpc) is 2.52. The van der Waals surface area contributed by atoms with Crippen LogP contribution in [0.3, 0.4) is 0 Å². The number of aromatic nitrogens is 1. The Balaban J connectivity index is 2.09. The largest absolute Gasteiger partial charge is 0.465 e. The van der Waals surface area contributed by atoms with Crippen molar-refractivity contribution < 1.29 is 14.3 Å². The Morgan fingerprint density at radius 1 is 1.19 bits per heavy atom. The molecule has 5 heteroatoms. The molecule has 0 aliphatic heterocycles. The first-order valence-electron chi connectivity index (χ1n) is 6.49. The summed E-state index contributed by atoms with van der Waals surface area (Å²) in [5.41, 5.74) is 2.05. The second-order valence-electron chi connectivity index (χ2n) is 4.50. The summed E-state index contributed by atoms with van der Waals surface area (Å²) in [6, 6.07) is 10.6. The van der Waals surface area contributed by atoms with Gasteiger partial charge in [0.1, 0.15) is 11.4 Å². The molecular weight excluding hydrogens is 268 g/mol. The second kappa shape index (κ2) is 6.65. The summed E-state index contributed by atoms with van der Waals surface area (Å²) < 4.78 is 4.71. The van der Waals surface area contributed by atoms with Gasteiger partial charge in [-0.15, -0.1) is 0 Å². The lowest BCUT2D eigenvalue weighted by Gasteiger charge is -2.09. The van der Waals surface area contributed by atoms with Gasteiger partial charge in [0.05, 0.1) is 7.11 Å². The zero-order valence-corrected chi connectivity index (χ0v) is 11.9. The molecule has 21 heavy (non-hydrogen) atoms. The maximum Gasteiger partial charge on any atom is 0.341 e. The van der Waals surface area contributed by atoms with Crippen molar-refractivity contribution in [2.45, 2.75) is 13.5 Å². The number of esters is 1. The van der Waals surface area contributed by atoms with Crippen molar-refractivity contribution in [1.29, 1.82) is 0 Å². The molecule has 0 radical (unpaired) electrons. The van der Waals surface area contributed by atoms with Crippen molar-refractivity contribution in [3.63, 3.8) is 0 Å². The normalized spacial score (nSPS) is 10.0. The van der Waals surface area contributed by atoms with E-state index in [1.165, 1.54) is 14.0 Å². The van der Waals surface area contributed by atoms with Gasteiger partial charge >= 0.3 is 5.97 Å². The Labute approximate surface area is 123 Å². The average molecular weight is 284 g/mol. The van der Waals surface area contributed by atoms with Crippen LogP contribution in [-0.4, -0.2) is 23.8 Å². The molecule has 1 aromatic heterocycles. The molecule has 0 unspecified atom stereocenters. The maximum atomic E-state index is 11.6. The van der Waals surface area contributed by atoms with E-state index in [9.17, 15) is 9.59 Å². The quantitative estimate of drug-likeness (QED) is 0.675. The number of pyridine rings is 1. The highest BCUT2D eigenvalue weighted by Gasteiger charge is 2.11. The first-order valence-corrected chi connectivity index (χ1v) is 6.49. The highest BCUT2D eigenvalue weighted by Crippen LogP contribution is 2.14. The van der Waals surface area contributed by atoms with Crippen molar-refractivity contribution in [2.75, 3.05) is 12.4 Å². The Bertz CT molecular complexity index is 651. The van der Waals surface area contributed by atoms with E-state index in [-0.39, 0.29) is 5.78 Å². The third-order valence-electron chi connectivity index (χ3n) is 3.03. The lowest BCUT2D eigenvalue weighted by Crippen LogP contribution is -2.09. The Morgan fingerprint density at radius 2 is 1.90 bits per heavy atom. The zero-order chi connectivity index (χ0) is 15.2. The summed E-state index contributed by atoms with van der Waals surface area (Å²) in [6.45, 7) is 2.03. The third kappa shape index (κ3) is 3.66. The number of hydrogen-bond donors (Lipinski definition) is 1. The Morgan fingerprint density at radius 3 is 2.52 bits per heavy atom. The summed E-state index contributed by atoms with van der Waals surface area (Å²) in [5, 5.41) is 3.10. The summed E-state index contributed by atoms with van der Waals surface area (Å²) in [5.74, 6) is 0.0738. The van der Waals surface area contributed by atoms with Crippen LogP contribution in [0.5, 0.6) is 0 Å². The van der Waals surface area contributed by atoms with Crippen LogP contribution >= 0.6 is 0 Å². The van der Waals surface area contributed by atoms with Crippen molar-refractivity contribution in [3.8, 4) is 0 Å². The van der Waals surface area contributed by atoms with Crippen LogP contribution in [0, 0.1) is 0 Å². The molecule has 1 aromatic carbocycles. The highest BCUT2D eigenvalue weighted by atomic mass is 16.5. The smallest absolute Gasteiger partial charge is 0.341 e. The zero-order valence-electron chi connectivity index (χ0n) is 11.9. The third-order valence-corrected chi connectivity index (χ3v) is 3.03. The van der Waals surface area contributed by atoms with Crippen LogP contribution in [0.4, 0.5) is 5.82 Å². The molecule has 0 aliphatic rings. The number of ether oxygens (including phenoxy) is 1. The van der Waals surface area contributed by atoms with Crippen molar-refractivity contribution in [1.82, 2.24) is 4.98 Å². The molecule has 108 valence electrons. The van der Waals surface area contributed by atoms with E-state index in [2.05, 4.69) is 10.3 Å². The van der Waals surface area contributed by atoms with Crippen LogP contribution in [0.1, 0.15) is 33.2 Å². The molecule has 0 saturated carbocycles. The number of methoxy groups -OCH3 is 1. The number of ketones is 1. The van der Waals surface area contributed by atoms with Gasteiger partial charge in [-0.3, -0.25) is 4.79 Å². The van der Waals surface area contributed by atoms with Gasteiger partial charge in [0.15, 0.2) is 5.78 Å². The molecule has 2 aromatic rings. The molecule has 0 amide bonds. The molecular formula is C16H16N2O3. The SMILES string of the molecule is COC(=O)c1cccnc1NCc1ccc(C(C)=O)cc1. The number of carbonyl (C=O) groups excluding carboxylic acids is 2. The summed E-state index contributed by atoms with van der Waals surface area (Å²) >= 11 is 0. The van der Waals surface area contributed by atoms with Crippen LogP contribution in [0.25, 0.3) is 0 Å². The van der Waals surface area contributed by atoms with Crippen LogP contribution in [0.15, 0.2) is 42.6 Å². The predicted octanol–water partition coefficient (Wildman–Crippen LogP) is 2.68. The number of benzene rings is 1. The van der Waals surface area contributed by atoms with E-state index in [0.717, 1.165) is 5.56 Å². The van der Waals surface area contributed by atoms with E-state index in [1.54, 1.807) is 30.5 Å². The molecule has 2 rings (SSSR count). The highest BCUT2D eigenvalue weighted by molar-refractivity contribution is 5.94. The molecule has 0 spiro atoms. The predicted molar refractivity (Wildman–Crippen MR) is 79.3 cm³/mol. The molecule has 0 atom stereocenters. The maximum absolute atomic E-state index is 11.6. The second-order valence-corrected chi connectivity index (χ2v) is 4.50. The number of nitrogens with one attached hydrogen (secondary N) is 1. The number of Topliss-reactive ketones (excluding diaryl/α,β-unsaturated/α-hetero) is 1. The lowest BCUT2D eigenvalue weighted by atomic mass is 10.1. The van der Waals surface area contributed by atoms with E-state index < -0.39 is 5.97 Å². The molecule has 1 N–H and O–H groups in total. The molecule has 0 aliphatic carbocycles. The van der Waals surface area contributed by atoms with Gasteiger partial charge in [-0.2, -0.15) is 0 Å². The minimum atomic E-state index is -0.433. The van der Waals surface area contributed by atoms with Gasteiger partial charge in [-0.1, -0.05) is 24.3 Å². The molecule has 0 fully saturated rings. The summed E-state index contributed by atoms with van der Waals surface area (Å²) in [7, 11) is 1.33. The Hall–Kier alpha value is -2.69. The number of rotatable bonds is 5. The van der Waals surface area contributed by atoms with Gasteiger partial charge in [0, 0.05) is 18.3 Å². The van der Waals surface area contributed by atoms with E-state index >= 15 is 0 Å². The van der Waals surface area contributed by atoms with Crippen LogP contribution in [0.2, 0.25) is 0 Å². The first-order chi connectivity index (χ1) is 10.1. The fourth-order valence-corrected chi connectivity index (χ4v) is 1.86. The molecule has 5 nitrogen and oxygen atoms in total. The summed E-state index contributed by atoms with van der Waals surface area (Å²) in [4.78, 5) is 27.0. The van der Waals surface area contributed by atoms with Crippen LogP contribution in [-0.2, 0) is 11.3 Å². The fourth-order valence-electron chi connectivity index (χ4n) is 1.86. The van der Waals surface area contributed by atoms with Crippen molar-refractivity contribution >= 4 is 17.6 Å². The monoisotopic (exact) mass is 284 g/mol. The fraction of sp³-hybridized carbons (Fsp3) is 0.188. The van der Waals surface area contributed by atoms with E-state index in [1.807, 2.05) is 12.1 Å². The minimum absolute atomic E-state index is 0.0345. The number of hydrogen-bond acceptors (Lipinski definition) is 5. The molecule has 0 saturated heterocycles. The number of nitrogens with zero attached hydrogens (tertiary/aromatic N) is 1. The topological polar surface area (TPSA) is 68.3 Å². The Kier molecular flexibility index (Phi) is 4.66. The number of anilines is 1. The summed E-state index contributed by atoms with van der Waals surface area (Å²) in [6.07, 6.45) is 1.60. The number of carbonyl (C=O) groups is 2. The van der Waals surface area contributed by atoms with Crippen molar-refractivity contribution in [3.05, 3.63) is 59.3 Å². The van der Waals surface area contributed by atoms with Gasteiger partial charge < -0.3 is 10.1 Å². The van der Waals surface area contributed by atoms with Gasteiger partial charge in [-0.05, 0) is 24.6 Å². The molecule has 1 heterocycles. The molecule has 0 bridgehead atoms. The van der Waals surface area contributed by atoms with Gasteiger partial charge in [-0.25, -0.2) is 9.78 Å². The first kappa shape index (κ1) is 14.7. The lowest BCUT2D eigenvalue weighted by molar-refractivity contribution is 0.0601. The van der Waals surface area contributed by atoms with Crippen LogP contribution < -0.4 is 5.32 Å². The minimum Gasteiger partial charge on any atom is -0.465 e. The van der Waals surface area contributed by atoms with E-state index in [4.69, 9.17) is 4.74 Å². The van der Waals surface area contributed by atoms with Crippen molar-refractivity contribution in [2.24, 2.45) is 0 Å².